The Bertz CT molecular complexity index is 613. The molecule has 1 fully saturated rings. The Labute approximate surface area is 206 Å². The van der Waals surface area contributed by atoms with Gasteiger partial charge in [0.05, 0.1) is 37.4 Å². The zero-order valence-electron chi connectivity index (χ0n) is 23.9. The van der Waals surface area contributed by atoms with E-state index in [-0.39, 0.29) is 5.04 Å². The first-order valence-electron chi connectivity index (χ1n) is 12.7. The first kappa shape index (κ1) is 31.0. The molecular weight excluding hydrogens is 448 g/mol. The van der Waals surface area contributed by atoms with Gasteiger partial charge in [0.15, 0.2) is 22.9 Å². The van der Waals surface area contributed by atoms with Gasteiger partial charge < -0.3 is 23.4 Å². The molecule has 3 atom stereocenters. The van der Waals surface area contributed by atoms with Crippen LogP contribution in [0.3, 0.4) is 0 Å². The second kappa shape index (κ2) is 11.4. The summed E-state index contributed by atoms with van der Waals surface area (Å²) in [5, 5.41) is 11.9. The maximum atomic E-state index is 11.9. The van der Waals surface area contributed by atoms with Crippen LogP contribution < -0.4 is 0 Å². The Morgan fingerprint density at radius 2 is 1.39 bits per heavy atom. The Balaban J connectivity index is 3.43. The van der Waals surface area contributed by atoms with Crippen molar-refractivity contribution in [2.75, 3.05) is 19.8 Å². The van der Waals surface area contributed by atoms with Gasteiger partial charge in [-0.05, 0) is 48.6 Å². The molecule has 33 heavy (non-hydrogen) atoms. The lowest BCUT2D eigenvalue weighted by Gasteiger charge is -2.48. The van der Waals surface area contributed by atoms with E-state index in [4.69, 9.17) is 18.3 Å². The Hall–Kier alpha value is -0.0262. The molecule has 0 aromatic carbocycles. The van der Waals surface area contributed by atoms with Gasteiger partial charge in [0.25, 0.3) is 0 Å². The largest absolute Gasteiger partial charge is 0.413 e. The maximum absolute atomic E-state index is 11.9. The second-order valence-corrected chi connectivity index (χ2v) is 22.8. The fourth-order valence-corrected chi connectivity index (χ4v) is 11.9. The Morgan fingerprint density at radius 3 is 1.73 bits per heavy atom. The molecule has 0 amide bonds. The van der Waals surface area contributed by atoms with Crippen LogP contribution in [0.15, 0.2) is 12.2 Å². The zero-order valence-corrected chi connectivity index (χ0v) is 25.9. The van der Waals surface area contributed by atoms with Gasteiger partial charge in [0.2, 0.25) is 0 Å². The molecule has 196 valence electrons. The molecule has 1 unspecified atom stereocenters. The third-order valence-corrected chi connectivity index (χ3v) is 19.0. The van der Waals surface area contributed by atoms with Crippen LogP contribution in [0.4, 0.5) is 0 Å². The van der Waals surface area contributed by atoms with Gasteiger partial charge in [-0.3, -0.25) is 0 Å². The Morgan fingerprint density at radius 1 is 0.970 bits per heavy atom. The SMILES string of the molecule is C=C(C)C(C)(C1OCCO1)[C@@H](O)[C@@H](CO[Si](C(C)C)(C(C)C)C(C)C)O[Si](C)(C)C(C)(C)C. The van der Waals surface area contributed by atoms with Crippen molar-refractivity contribution in [3.8, 4) is 0 Å². The molecular formula is C26H54O5Si2. The molecule has 1 heterocycles. The van der Waals surface area contributed by atoms with E-state index in [9.17, 15) is 5.11 Å². The van der Waals surface area contributed by atoms with E-state index in [0.29, 0.717) is 36.4 Å². The van der Waals surface area contributed by atoms with Crippen molar-refractivity contribution in [2.45, 2.75) is 129 Å². The summed E-state index contributed by atoms with van der Waals surface area (Å²) in [6.45, 7) is 34.4. The standard InChI is InChI=1S/C26H54O5Si2/c1-18(2)26(12,24-28-15-16-29-24)23(27)22(31-32(13,14)25(9,10)11)17-30-33(19(3)4,20(5)6)21(7)8/h19-24,27H,1,15-17H2,2-14H3/t22-,23+,26?/m1/s1. The summed E-state index contributed by atoms with van der Waals surface area (Å²) in [4.78, 5) is 0. The molecule has 0 radical (unpaired) electrons. The van der Waals surface area contributed by atoms with Gasteiger partial charge in [0, 0.05) is 0 Å². The summed E-state index contributed by atoms with van der Waals surface area (Å²) in [6.07, 6.45) is -1.91. The molecule has 0 aliphatic carbocycles. The van der Waals surface area contributed by atoms with E-state index in [0.717, 1.165) is 5.57 Å². The third-order valence-electron chi connectivity index (χ3n) is 8.45. The van der Waals surface area contributed by atoms with Crippen LogP contribution in [0.2, 0.25) is 34.8 Å². The molecule has 1 saturated heterocycles. The normalized spacial score (nSPS) is 20.5. The topological polar surface area (TPSA) is 57.2 Å². The third kappa shape index (κ3) is 6.40. The van der Waals surface area contributed by atoms with Crippen LogP contribution in [-0.4, -0.2) is 60.1 Å². The molecule has 0 bridgehead atoms. The predicted molar refractivity (Wildman–Crippen MR) is 144 cm³/mol. The van der Waals surface area contributed by atoms with Gasteiger partial charge in [-0.2, -0.15) is 0 Å². The second-order valence-electron chi connectivity index (χ2n) is 12.6. The number of rotatable bonds is 12. The number of hydrogen-bond donors (Lipinski definition) is 1. The fourth-order valence-electron chi connectivity index (χ4n) is 5.16. The van der Waals surface area contributed by atoms with Crippen molar-refractivity contribution in [3.05, 3.63) is 12.2 Å². The molecule has 1 rings (SSSR count). The molecule has 1 aliphatic heterocycles. The van der Waals surface area contributed by atoms with Crippen LogP contribution in [0.25, 0.3) is 0 Å². The quantitative estimate of drug-likeness (QED) is 0.233. The number of aliphatic hydroxyl groups is 1. The van der Waals surface area contributed by atoms with Gasteiger partial charge in [0.1, 0.15) is 0 Å². The number of hydrogen-bond acceptors (Lipinski definition) is 5. The monoisotopic (exact) mass is 502 g/mol. The molecule has 0 saturated carbocycles. The highest BCUT2D eigenvalue weighted by atomic mass is 28.4. The fraction of sp³-hybridized carbons (Fsp3) is 0.923. The van der Waals surface area contributed by atoms with Crippen molar-refractivity contribution in [1.82, 2.24) is 0 Å². The summed E-state index contributed by atoms with van der Waals surface area (Å²) < 4.78 is 25.6. The van der Waals surface area contributed by atoms with E-state index >= 15 is 0 Å². The highest BCUT2D eigenvalue weighted by Gasteiger charge is 2.52. The molecule has 0 spiro atoms. The summed E-state index contributed by atoms with van der Waals surface area (Å²) in [7, 11) is -4.33. The van der Waals surface area contributed by atoms with Gasteiger partial charge in [-0.25, -0.2) is 0 Å². The zero-order chi connectivity index (χ0) is 26.0. The average Bonchev–Trinajstić information content (AvgIpc) is 3.19. The predicted octanol–water partition coefficient (Wildman–Crippen LogP) is 6.89. The highest BCUT2D eigenvalue weighted by Crippen LogP contribution is 2.45. The van der Waals surface area contributed by atoms with Crippen LogP contribution in [0.5, 0.6) is 0 Å². The van der Waals surface area contributed by atoms with E-state index in [2.05, 4.69) is 82.0 Å². The van der Waals surface area contributed by atoms with E-state index < -0.39 is 40.5 Å². The van der Waals surface area contributed by atoms with Crippen LogP contribution >= 0.6 is 0 Å². The lowest BCUT2D eigenvalue weighted by atomic mass is 9.75. The first-order chi connectivity index (χ1) is 14.9. The van der Waals surface area contributed by atoms with E-state index in [1.165, 1.54) is 0 Å². The molecule has 5 nitrogen and oxygen atoms in total. The van der Waals surface area contributed by atoms with Crippen LogP contribution in [-0.2, 0) is 18.3 Å². The minimum atomic E-state index is -2.20. The number of aliphatic hydroxyl groups excluding tert-OH is 1. The lowest BCUT2D eigenvalue weighted by Crippen LogP contribution is -2.58. The van der Waals surface area contributed by atoms with Crippen LogP contribution in [0.1, 0.15) is 76.2 Å². The summed E-state index contributed by atoms with van der Waals surface area (Å²) in [5.41, 5.74) is 1.39. The van der Waals surface area contributed by atoms with Crippen LogP contribution in [0, 0.1) is 5.41 Å². The van der Waals surface area contributed by atoms with Crippen molar-refractivity contribution in [3.63, 3.8) is 0 Å². The van der Waals surface area contributed by atoms with Crippen molar-refractivity contribution >= 4 is 16.6 Å². The highest BCUT2D eigenvalue weighted by molar-refractivity contribution is 6.77. The molecule has 7 heteroatoms. The average molecular weight is 503 g/mol. The van der Waals surface area contributed by atoms with Crippen molar-refractivity contribution in [2.24, 2.45) is 5.41 Å². The van der Waals surface area contributed by atoms with Crippen molar-refractivity contribution < 1.29 is 23.4 Å². The van der Waals surface area contributed by atoms with Crippen molar-refractivity contribution in [1.29, 1.82) is 0 Å². The van der Waals surface area contributed by atoms with E-state index in [1.807, 2.05) is 13.8 Å². The minimum absolute atomic E-state index is 0.00755. The smallest absolute Gasteiger partial charge is 0.200 e. The molecule has 0 aromatic heterocycles. The molecule has 1 N–H and O–H groups in total. The summed E-state index contributed by atoms with van der Waals surface area (Å²) in [6, 6.07) is 0. The number of ether oxygens (including phenoxy) is 2. The first-order valence-corrected chi connectivity index (χ1v) is 17.8. The van der Waals surface area contributed by atoms with Gasteiger partial charge >= 0.3 is 0 Å². The van der Waals surface area contributed by atoms with Gasteiger partial charge in [-0.15, -0.1) is 0 Å². The molecule has 1 aliphatic rings. The Kier molecular flexibility index (Phi) is 10.7. The minimum Gasteiger partial charge on any atom is -0.413 e. The summed E-state index contributed by atoms with van der Waals surface area (Å²) in [5.74, 6) is 0. The van der Waals surface area contributed by atoms with Gasteiger partial charge in [-0.1, -0.05) is 74.5 Å². The lowest BCUT2D eigenvalue weighted by molar-refractivity contribution is -0.173. The maximum Gasteiger partial charge on any atom is 0.200 e. The summed E-state index contributed by atoms with van der Waals surface area (Å²) >= 11 is 0. The molecule has 0 aromatic rings. The van der Waals surface area contributed by atoms with E-state index in [1.54, 1.807) is 0 Å².